The third-order valence-electron chi connectivity index (χ3n) is 10.7. The summed E-state index contributed by atoms with van der Waals surface area (Å²) in [6.45, 7) is 4.31. The molecule has 0 aromatic rings. The second kappa shape index (κ2) is 43.3. The highest BCUT2D eigenvalue weighted by molar-refractivity contribution is 5.76. The van der Waals surface area contributed by atoms with Gasteiger partial charge in [0, 0.05) is 6.42 Å². The first kappa shape index (κ1) is 49.9. The average Bonchev–Trinajstić information content (AvgIpc) is 3.13. The summed E-state index contributed by atoms with van der Waals surface area (Å²) >= 11 is 0. The second-order valence-corrected chi connectivity index (χ2v) is 15.8. The van der Waals surface area contributed by atoms with Gasteiger partial charge in [-0.3, -0.25) is 4.79 Å². The van der Waals surface area contributed by atoms with Crippen LogP contribution in [-0.2, 0) is 4.79 Å². The molecule has 51 heavy (non-hydrogen) atoms. The lowest BCUT2D eigenvalue weighted by molar-refractivity contribution is -0.123. The first-order chi connectivity index (χ1) is 25.2. The van der Waals surface area contributed by atoms with Crippen LogP contribution in [0.25, 0.3) is 0 Å². The highest BCUT2D eigenvalue weighted by Crippen LogP contribution is 2.16. The Labute approximate surface area is 319 Å². The number of unbranched alkanes of at least 4 members (excludes halogenated alkanes) is 33. The first-order valence-electron chi connectivity index (χ1n) is 23.1. The van der Waals surface area contributed by atoms with Gasteiger partial charge in [0.2, 0.25) is 5.91 Å². The van der Waals surface area contributed by atoms with E-state index < -0.39 is 12.1 Å². The van der Waals surface area contributed by atoms with Crippen LogP contribution in [0.2, 0.25) is 0 Å². The number of rotatable bonds is 42. The Morgan fingerprint density at radius 1 is 0.451 bits per heavy atom. The number of hydrogen-bond donors (Lipinski definition) is 3. The molecular formula is C47H91NO3. The minimum atomic E-state index is -0.857. The fourth-order valence-corrected chi connectivity index (χ4v) is 7.14. The normalized spacial score (nSPS) is 13.1. The molecule has 0 rings (SSSR count). The Bertz CT molecular complexity index is 735. The van der Waals surface area contributed by atoms with Gasteiger partial charge in [-0.05, 0) is 32.1 Å². The van der Waals surface area contributed by atoms with Crippen molar-refractivity contribution in [2.24, 2.45) is 0 Å². The Balaban J connectivity index is 3.51. The SMILES string of the molecule is CCCCCCCCCCC/C=C/CC/C=C/C(O)C(CO)NC(=O)CCCCCCCCCCCCCCCCCCCCCCCCCC. The molecule has 0 bridgehead atoms. The van der Waals surface area contributed by atoms with Crippen molar-refractivity contribution in [3.8, 4) is 0 Å². The minimum absolute atomic E-state index is 0.0697. The molecule has 0 aromatic carbocycles. The van der Waals surface area contributed by atoms with Gasteiger partial charge in [-0.1, -0.05) is 237 Å². The van der Waals surface area contributed by atoms with Gasteiger partial charge in [0.15, 0.2) is 0 Å². The van der Waals surface area contributed by atoms with E-state index in [2.05, 4.69) is 31.3 Å². The van der Waals surface area contributed by atoms with Crippen LogP contribution in [0, 0.1) is 0 Å². The van der Waals surface area contributed by atoms with Crippen molar-refractivity contribution in [2.75, 3.05) is 6.61 Å². The van der Waals surface area contributed by atoms with Gasteiger partial charge in [0.05, 0.1) is 18.8 Å². The first-order valence-corrected chi connectivity index (χ1v) is 23.1. The van der Waals surface area contributed by atoms with Gasteiger partial charge in [-0.25, -0.2) is 0 Å². The molecule has 2 unspecified atom stereocenters. The summed E-state index contributed by atoms with van der Waals surface area (Å²) in [5.41, 5.74) is 0. The summed E-state index contributed by atoms with van der Waals surface area (Å²) in [6, 6.07) is -0.634. The zero-order chi connectivity index (χ0) is 37.1. The van der Waals surface area contributed by atoms with E-state index >= 15 is 0 Å². The number of allylic oxidation sites excluding steroid dienone is 3. The maximum Gasteiger partial charge on any atom is 0.220 e. The molecule has 4 nitrogen and oxygen atoms in total. The quantitative estimate of drug-likeness (QED) is 0.0435. The maximum absolute atomic E-state index is 12.4. The Hall–Kier alpha value is -1.13. The molecular weight excluding hydrogens is 627 g/mol. The molecule has 0 saturated carbocycles. The molecule has 0 spiro atoms. The standard InChI is InChI=1S/C47H91NO3/c1-3-5-7-9-11-13-15-17-19-20-21-22-23-24-25-26-27-29-31-33-35-37-39-41-43-47(51)48-45(44-49)46(50)42-40-38-36-34-32-30-28-18-16-14-12-10-8-6-4-2/h32,34,40,42,45-46,49-50H,3-31,33,35-39,41,43-44H2,1-2H3,(H,48,51)/b34-32+,42-40+. The molecule has 1 amide bonds. The van der Waals surface area contributed by atoms with Crippen LogP contribution >= 0.6 is 0 Å². The molecule has 0 aliphatic carbocycles. The third kappa shape index (κ3) is 39.9. The zero-order valence-corrected chi connectivity index (χ0v) is 34.6. The van der Waals surface area contributed by atoms with E-state index in [0.717, 1.165) is 32.1 Å². The van der Waals surface area contributed by atoms with E-state index in [1.807, 2.05) is 6.08 Å². The van der Waals surface area contributed by atoms with Crippen molar-refractivity contribution in [1.29, 1.82) is 0 Å². The number of amides is 1. The van der Waals surface area contributed by atoms with Crippen LogP contribution < -0.4 is 5.32 Å². The van der Waals surface area contributed by atoms with Crippen molar-refractivity contribution < 1.29 is 15.0 Å². The Kier molecular flexibility index (Phi) is 42.3. The van der Waals surface area contributed by atoms with Gasteiger partial charge in [0.1, 0.15) is 0 Å². The topological polar surface area (TPSA) is 69.6 Å². The van der Waals surface area contributed by atoms with Crippen LogP contribution in [0.15, 0.2) is 24.3 Å². The van der Waals surface area contributed by atoms with E-state index in [1.165, 1.54) is 199 Å². The summed E-state index contributed by atoms with van der Waals surface area (Å²) < 4.78 is 0. The molecule has 4 heteroatoms. The summed E-state index contributed by atoms with van der Waals surface area (Å²) in [6.07, 6.45) is 55.9. The summed E-state index contributed by atoms with van der Waals surface area (Å²) in [7, 11) is 0. The number of nitrogens with one attached hydrogen (secondary N) is 1. The van der Waals surface area contributed by atoms with E-state index in [-0.39, 0.29) is 12.5 Å². The number of hydrogen-bond acceptors (Lipinski definition) is 3. The van der Waals surface area contributed by atoms with E-state index in [9.17, 15) is 15.0 Å². The molecule has 0 heterocycles. The van der Waals surface area contributed by atoms with Gasteiger partial charge in [0.25, 0.3) is 0 Å². The molecule has 3 N–H and O–H groups in total. The van der Waals surface area contributed by atoms with Crippen molar-refractivity contribution in [3.63, 3.8) is 0 Å². The molecule has 0 saturated heterocycles. The predicted octanol–water partition coefficient (Wildman–Crippen LogP) is 14.4. The van der Waals surface area contributed by atoms with Crippen molar-refractivity contribution in [1.82, 2.24) is 5.32 Å². The highest BCUT2D eigenvalue weighted by atomic mass is 16.3. The van der Waals surface area contributed by atoms with E-state index in [1.54, 1.807) is 6.08 Å². The number of carbonyl (C=O) groups excluding carboxylic acids is 1. The van der Waals surface area contributed by atoms with Gasteiger partial charge < -0.3 is 15.5 Å². The van der Waals surface area contributed by atoms with Crippen molar-refractivity contribution in [2.45, 2.75) is 264 Å². The van der Waals surface area contributed by atoms with Crippen LogP contribution in [-0.4, -0.2) is 34.9 Å². The Morgan fingerprint density at radius 3 is 1.14 bits per heavy atom. The van der Waals surface area contributed by atoms with Crippen molar-refractivity contribution in [3.05, 3.63) is 24.3 Å². The van der Waals surface area contributed by atoms with Crippen LogP contribution in [0.5, 0.6) is 0 Å². The largest absolute Gasteiger partial charge is 0.394 e. The second-order valence-electron chi connectivity index (χ2n) is 15.8. The van der Waals surface area contributed by atoms with Crippen LogP contribution in [0.4, 0.5) is 0 Å². The lowest BCUT2D eigenvalue weighted by Crippen LogP contribution is -2.45. The van der Waals surface area contributed by atoms with Gasteiger partial charge in [-0.2, -0.15) is 0 Å². The molecule has 0 fully saturated rings. The summed E-state index contributed by atoms with van der Waals surface area (Å²) in [4.78, 5) is 12.4. The lowest BCUT2D eigenvalue weighted by atomic mass is 10.0. The molecule has 0 radical (unpaired) electrons. The molecule has 0 aliphatic rings. The molecule has 302 valence electrons. The third-order valence-corrected chi connectivity index (χ3v) is 10.7. The van der Waals surface area contributed by atoms with Crippen molar-refractivity contribution >= 4 is 5.91 Å². The highest BCUT2D eigenvalue weighted by Gasteiger charge is 2.17. The maximum atomic E-state index is 12.4. The van der Waals surface area contributed by atoms with Gasteiger partial charge in [-0.15, -0.1) is 0 Å². The number of aliphatic hydroxyl groups excluding tert-OH is 2. The molecule has 0 aliphatic heterocycles. The summed E-state index contributed by atoms with van der Waals surface area (Å²) in [5.74, 6) is -0.0697. The zero-order valence-electron chi connectivity index (χ0n) is 34.6. The number of aliphatic hydroxyl groups is 2. The average molecular weight is 718 g/mol. The molecule has 2 atom stereocenters. The Morgan fingerprint density at radius 2 is 0.765 bits per heavy atom. The minimum Gasteiger partial charge on any atom is -0.394 e. The fourth-order valence-electron chi connectivity index (χ4n) is 7.14. The monoisotopic (exact) mass is 718 g/mol. The molecule has 0 aromatic heterocycles. The van der Waals surface area contributed by atoms with E-state index in [0.29, 0.717) is 6.42 Å². The smallest absolute Gasteiger partial charge is 0.220 e. The number of carbonyl (C=O) groups is 1. The van der Waals surface area contributed by atoms with Crippen LogP contribution in [0.3, 0.4) is 0 Å². The van der Waals surface area contributed by atoms with E-state index in [4.69, 9.17) is 0 Å². The van der Waals surface area contributed by atoms with Gasteiger partial charge >= 0.3 is 0 Å². The van der Waals surface area contributed by atoms with Crippen LogP contribution in [0.1, 0.15) is 251 Å². The predicted molar refractivity (Wildman–Crippen MR) is 225 cm³/mol. The summed E-state index contributed by atoms with van der Waals surface area (Å²) in [5, 5.41) is 23.0. The lowest BCUT2D eigenvalue weighted by Gasteiger charge is -2.19. The fraction of sp³-hybridized carbons (Fsp3) is 0.894.